The van der Waals surface area contributed by atoms with E-state index in [4.69, 9.17) is 16.1 Å². The highest BCUT2D eigenvalue weighted by Gasteiger charge is 2.34. The number of rotatable bonds is 78. The fraction of sp³-hybridized carbons (Fsp3) is 0.707. The molecule has 113 heavy (non-hydrogen) atoms. The summed E-state index contributed by atoms with van der Waals surface area (Å²) in [6.45, 7) is 72.1. The van der Waals surface area contributed by atoms with Gasteiger partial charge in [-0.2, -0.15) is 0 Å². The van der Waals surface area contributed by atoms with Gasteiger partial charge in [0.1, 0.15) is 0 Å². The quantitative estimate of drug-likeness (QED) is 0.0222. The Morgan fingerprint density at radius 3 is 1.01 bits per heavy atom. The minimum Gasteiger partial charge on any atom is -0.466 e. The second-order valence-corrected chi connectivity index (χ2v) is 34.5. The zero-order chi connectivity index (χ0) is 85.1. The van der Waals surface area contributed by atoms with Crippen molar-refractivity contribution in [1.29, 1.82) is 0 Å². The van der Waals surface area contributed by atoms with Crippen molar-refractivity contribution in [3.63, 3.8) is 0 Å². The van der Waals surface area contributed by atoms with Crippen molar-refractivity contribution in [1.82, 2.24) is 26.6 Å². The summed E-state index contributed by atoms with van der Waals surface area (Å²) in [5, 5.41) is 16.9. The molecular weight excluding hydrogens is 1400 g/mol. The smallest absolute Gasteiger partial charge is 0.271 e. The van der Waals surface area contributed by atoms with Gasteiger partial charge in [0.15, 0.2) is 17.3 Å². The summed E-state index contributed by atoms with van der Waals surface area (Å²) in [6.07, 6.45) is 32.5. The Morgan fingerprint density at radius 1 is 0.292 bits per heavy atom. The molecule has 0 spiro atoms. The highest BCUT2D eigenvalue weighted by Crippen LogP contribution is 2.30. The molecule has 0 saturated carbocycles. The Hall–Kier alpha value is -6.41. The standard InChI is InChI=1S/C99H169N5O9/c1-24-27-67-112-83(23)113-68-47-29-28-30-64-93(105)88(26-3)102-98(110)86(58-41-33-50-74(8)9)71-95(107)92(63-46-38-55-79(18)19)104-99(111)87(59-42-34-51-75(10)11)70-94(106)91(62-45-37-54-78(16)17)101-96(108)66-65-80(20)89(60-43-35-52-76(12)13)103-97(109)85(57-40-32-49-73(6)7)69-81(21)90(61-44-36-53-77(14)15)100-82(22)84(25-2)56-39-31-48-72(4)5/h82,84-92,100H,4,6,8,10,12,14,16,18,20-21,23-71H2,1-3,5,7,9,11,13,15,17,19,22H3,(H,101,108)(H,102,110)(H,103,109)(H,104,111)/t82?,84-,85+,86+,87+,88+,89?,90?,91?,92?/m1/s1. The maximum absolute atomic E-state index is 15.1. The van der Waals surface area contributed by atoms with Gasteiger partial charge >= 0.3 is 0 Å². The number of unbranched alkanes of at least 4 members (excludes halogenated alkanes) is 12. The number of allylic oxidation sites excluding steroid dienone is 8. The van der Waals surface area contributed by atoms with E-state index in [1.807, 2.05) is 41.5 Å². The van der Waals surface area contributed by atoms with E-state index < -0.39 is 41.9 Å². The van der Waals surface area contributed by atoms with Gasteiger partial charge in [-0.1, -0.05) is 167 Å². The van der Waals surface area contributed by atoms with Crippen molar-refractivity contribution >= 4 is 41.0 Å². The molecule has 10 atom stereocenters. The third-order valence-electron chi connectivity index (χ3n) is 22.1. The normalized spacial score (nSPS) is 13.9. The lowest BCUT2D eigenvalue weighted by Crippen LogP contribution is -2.48. The summed E-state index contributed by atoms with van der Waals surface area (Å²) in [5.74, 6) is -2.80. The fourth-order valence-corrected chi connectivity index (χ4v) is 14.7. The van der Waals surface area contributed by atoms with Crippen LogP contribution >= 0.6 is 0 Å². The van der Waals surface area contributed by atoms with Crippen LogP contribution in [0, 0.1) is 23.7 Å². The van der Waals surface area contributed by atoms with E-state index in [9.17, 15) is 14.4 Å². The zero-order valence-corrected chi connectivity index (χ0v) is 74.7. The molecule has 5 N–H and O–H groups in total. The Bertz CT molecular complexity index is 2930. The second-order valence-electron chi connectivity index (χ2n) is 34.5. The minimum atomic E-state index is -0.948. The number of Topliss-reactive ketones (excluding diaryl/α,β-unsaturated/α-hetero) is 3. The number of hydrogen-bond donors (Lipinski definition) is 5. The third kappa shape index (κ3) is 56.5. The van der Waals surface area contributed by atoms with Gasteiger partial charge in [0.05, 0.1) is 31.3 Å². The molecule has 0 rings (SSSR count). The first-order valence-corrected chi connectivity index (χ1v) is 44.6. The van der Waals surface area contributed by atoms with Crippen LogP contribution < -0.4 is 26.6 Å². The van der Waals surface area contributed by atoms with Crippen molar-refractivity contribution < 1.29 is 43.0 Å². The zero-order valence-electron chi connectivity index (χ0n) is 74.7. The van der Waals surface area contributed by atoms with Crippen molar-refractivity contribution in [2.75, 3.05) is 13.2 Å². The average molecular weight is 1570 g/mol. The molecule has 14 heteroatoms. The number of carbonyl (C=O) groups excluding carboxylic acids is 7. The lowest BCUT2D eigenvalue weighted by Gasteiger charge is -2.32. The predicted octanol–water partition coefficient (Wildman–Crippen LogP) is 24.7. The Balaban J connectivity index is 7.27. The molecule has 0 bridgehead atoms. The number of ketones is 3. The van der Waals surface area contributed by atoms with Crippen molar-refractivity contribution in [3.8, 4) is 0 Å². The summed E-state index contributed by atoms with van der Waals surface area (Å²) in [5.41, 5.74) is 10.5. The minimum absolute atomic E-state index is 0.0317. The van der Waals surface area contributed by atoms with Gasteiger partial charge in [-0.25, -0.2) is 0 Å². The first-order chi connectivity index (χ1) is 53.6. The summed E-state index contributed by atoms with van der Waals surface area (Å²) >= 11 is 0. The van der Waals surface area contributed by atoms with Crippen LogP contribution in [0.4, 0.5) is 0 Å². The van der Waals surface area contributed by atoms with Crippen LogP contribution in [0.5, 0.6) is 0 Å². The largest absolute Gasteiger partial charge is 0.466 e. The SMILES string of the molecule is C=C(C)CCCCC(NC(=O)[C@@H](CCCCC(=C)C)CC(=C)C(CCCCC(=C)C)NC(C)[C@H](CC)CCCCC(=C)C)C(=C)CCC(=O)NC(CCCCC(=C)C)C(=O)C[C@H](CCCCC(=C)C)C(=O)NC(CCCCC(=C)C)C(=O)C[C@H](CCCCC(=C)C)C(=O)N[C@@H](CC)C(=O)CCCCCCOC(=C)OCCCC. The second kappa shape index (κ2) is 65.7. The maximum Gasteiger partial charge on any atom is 0.271 e. The van der Waals surface area contributed by atoms with E-state index >= 15 is 19.2 Å². The van der Waals surface area contributed by atoms with E-state index in [0.29, 0.717) is 115 Å². The molecule has 0 heterocycles. The molecule has 0 aliphatic heterocycles. The number of hydrogen-bond acceptors (Lipinski definition) is 10. The van der Waals surface area contributed by atoms with Crippen LogP contribution in [0.2, 0.25) is 0 Å². The summed E-state index contributed by atoms with van der Waals surface area (Å²) < 4.78 is 11.1. The highest BCUT2D eigenvalue weighted by molar-refractivity contribution is 5.96. The predicted molar refractivity (Wildman–Crippen MR) is 480 cm³/mol. The average Bonchev–Trinajstić information content (AvgIpc) is 0.865. The number of nitrogens with one attached hydrogen (secondary N) is 5. The molecule has 0 aromatic rings. The van der Waals surface area contributed by atoms with E-state index in [-0.39, 0.29) is 78.8 Å². The van der Waals surface area contributed by atoms with Crippen molar-refractivity contribution in [3.05, 3.63) is 134 Å². The van der Waals surface area contributed by atoms with Crippen LogP contribution in [-0.4, -0.2) is 90.4 Å². The molecule has 0 aliphatic carbocycles. The van der Waals surface area contributed by atoms with E-state index in [2.05, 4.69) is 134 Å². The van der Waals surface area contributed by atoms with Crippen molar-refractivity contribution in [2.24, 2.45) is 23.7 Å². The molecule has 0 fully saturated rings. The lowest BCUT2D eigenvalue weighted by atomic mass is 9.86. The molecule has 644 valence electrons. The lowest BCUT2D eigenvalue weighted by molar-refractivity contribution is -0.135. The Labute approximate surface area is 692 Å². The number of carbonyl (C=O) groups is 7. The monoisotopic (exact) mass is 1570 g/mol. The number of amides is 4. The molecule has 0 aromatic carbocycles. The van der Waals surface area contributed by atoms with Crippen LogP contribution in [0.1, 0.15) is 378 Å². The highest BCUT2D eigenvalue weighted by atomic mass is 16.7. The van der Waals surface area contributed by atoms with Crippen molar-refractivity contribution in [2.45, 2.75) is 415 Å². The van der Waals surface area contributed by atoms with E-state index in [1.54, 1.807) is 0 Å². The van der Waals surface area contributed by atoms with Gasteiger partial charge < -0.3 is 36.1 Å². The van der Waals surface area contributed by atoms with Crippen LogP contribution in [-0.2, 0) is 43.0 Å². The van der Waals surface area contributed by atoms with Crippen LogP contribution in [0.15, 0.2) is 134 Å². The Morgan fingerprint density at radius 2 is 0.619 bits per heavy atom. The van der Waals surface area contributed by atoms with E-state index in [0.717, 1.165) is 224 Å². The van der Waals surface area contributed by atoms with Gasteiger partial charge in [-0.3, -0.25) is 33.6 Å². The van der Waals surface area contributed by atoms with Crippen LogP contribution in [0.25, 0.3) is 0 Å². The molecule has 0 aliphatic rings. The van der Waals surface area contributed by atoms with E-state index in [1.165, 1.54) is 11.1 Å². The Kier molecular flexibility index (Phi) is 62.0. The van der Waals surface area contributed by atoms with Gasteiger partial charge in [0, 0.05) is 61.6 Å². The summed E-state index contributed by atoms with van der Waals surface area (Å²) in [7, 11) is 0. The van der Waals surface area contributed by atoms with Crippen LogP contribution in [0.3, 0.4) is 0 Å². The summed E-state index contributed by atoms with van der Waals surface area (Å²) in [4.78, 5) is 103. The first kappa shape index (κ1) is 107. The summed E-state index contributed by atoms with van der Waals surface area (Å²) in [6, 6.07) is -2.67. The first-order valence-electron chi connectivity index (χ1n) is 44.6. The topological polar surface area (TPSA) is 198 Å². The maximum atomic E-state index is 15.1. The third-order valence-corrected chi connectivity index (χ3v) is 22.1. The molecule has 5 unspecified atom stereocenters. The molecule has 4 amide bonds. The molecule has 0 saturated heterocycles. The fourth-order valence-electron chi connectivity index (χ4n) is 14.7. The molecule has 0 radical (unpaired) electrons. The van der Waals surface area contributed by atoms with Gasteiger partial charge in [-0.05, 0) is 267 Å². The molecule has 14 nitrogen and oxygen atoms in total. The van der Waals surface area contributed by atoms with Gasteiger partial charge in [0.2, 0.25) is 23.6 Å². The molecular formula is C99H169N5O9. The van der Waals surface area contributed by atoms with Gasteiger partial charge in [-0.15, -0.1) is 52.6 Å². The number of ether oxygens (including phenoxy) is 2. The van der Waals surface area contributed by atoms with Gasteiger partial charge in [0.25, 0.3) is 5.95 Å². The molecule has 0 aromatic heterocycles.